The molecule has 1 amide bonds. The maximum absolute atomic E-state index is 12.0. The van der Waals surface area contributed by atoms with Crippen molar-refractivity contribution in [3.05, 3.63) is 34.6 Å². The predicted molar refractivity (Wildman–Crippen MR) is 76.0 cm³/mol. The highest BCUT2D eigenvalue weighted by Crippen LogP contribution is 2.33. The molecule has 0 fully saturated rings. The molecule has 0 aliphatic carbocycles. The summed E-state index contributed by atoms with van der Waals surface area (Å²) in [6.45, 7) is -0.465. The van der Waals surface area contributed by atoms with Crippen molar-refractivity contribution < 1.29 is 19.4 Å². The van der Waals surface area contributed by atoms with Gasteiger partial charge in [-0.15, -0.1) is 0 Å². The van der Waals surface area contributed by atoms with Crippen molar-refractivity contribution in [3.63, 3.8) is 0 Å². The number of hydrogen-bond acceptors (Lipinski definition) is 4. The third-order valence-corrected chi connectivity index (χ3v) is 3.36. The van der Waals surface area contributed by atoms with E-state index in [1.807, 2.05) is 0 Å². The minimum Gasteiger partial charge on any atom is -0.496 e. The zero-order valence-corrected chi connectivity index (χ0v) is 12.1. The fraction of sp³-hybridized carbons (Fsp3) is 0.154. The van der Waals surface area contributed by atoms with E-state index in [2.05, 4.69) is 26.2 Å². The Morgan fingerprint density at radius 1 is 1.40 bits per heavy atom. The van der Waals surface area contributed by atoms with Gasteiger partial charge in [0.1, 0.15) is 18.0 Å². The van der Waals surface area contributed by atoms with Crippen LogP contribution in [0.5, 0.6) is 5.75 Å². The number of hydrogen-bond donors (Lipinski definition) is 2. The molecule has 104 valence electrons. The van der Waals surface area contributed by atoms with Crippen LogP contribution in [0.25, 0.3) is 10.8 Å². The Balaban J connectivity index is 2.55. The van der Waals surface area contributed by atoms with Crippen LogP contribution < -0.4 is 10.1 Å². The van der Waals surface area contributed by atoms with Gasteiger partial charge in [0.2, 0.25) is 0 Å². The summed E-state index contributed by atoms with van der Waals surface area (Å²) in [7, 11) is 1.49. The first-order chi connectivity index (χ1) is 9.54. The number of nitrogens with zero attached hydrogens (tertiary/aromatic N) is 1. The third kappa shape index (κ3) is 2.72. The lowest BCUT2D eigenvalue weighted by atomic mass is 10.1. The van der Waals surface area contributed by atoms with E-state index in [1.165, 1.54) is 13.3 Å². The van der Waals surface area contributed by atoms with E-state index in [0.29, 0.717) is 11.1 Å². The summed E-state index contributed by atoms with van der Waals surface area (Å²) < 4.78 is 6.04. The number of benzene rings is 1. The zero-order chi connectivity index (χ0) is 14.7. The predicted octanol–water partition coefficient (Wildman–Crippen LogP) is 1.82. The first kappa shape index (κ1) is 14.3. The van der Waals surface area contributed by atoms with Crippen LogP contribution >= 0.6 is 15.9 Å². The Hall–Kier alpha value is -2.15. The van der Waals surface area contributed by atoms with E-state index in [-0.39, 0.29) is 5.69 Å². The molecule has 2 aromatic rings. The van der Waals surface area contributed by atoms with Crippen LogP contribution in [-0.2, 0) is 4.79 Å². The summed E-state index contributed by atoms with van der Waals surface area (Å²) in [5.74, 6) is -1.18. The fourth-order valence-corrected chi connectivity index (χ4v) is 2.28. The minimum atomic E-state index is -1.12. The molecule has 0 aliphatic heterocycles. The van der Waals surface area contributed by atoms with Crippen molar-refractivity contribution in [1.29, 1.82) is 0 Å². The van der Waals surface area contributed by atoms with Crippen molar-refractivity contribution in [2.24, 2.45) is 0 Å². The average Bonchev–Trinajstić information content (AvgIpc) is 2.45. The van der Waals surface area contributed by atoms with Crippen LogP contribution in [0.3, 0.4) is 0 Å². The van der Waals surface area contributed by atoms with Crippen LogP contribution in [0.1, 0.15) is 10.5 Å². The van der Waals surface area contributed by atoms with E-state index in [4.69, 9.17) is 9.84 Å². The maximum Gasteiger partial charge on any atom is 0.322 e. The molecule has 0 atom stereocenters. The first-order valence-corrected chi connectivity index (χ1v) is 6.45. The van der Waals surface area contributed by atoms with Gasteiger partial charge < -0.3 is 15.2 Å². The lowest BCUT2D eigenvalue weighted by Gasteiger charge is -2.10. The number of carboxylic acid groups (broad SMARTS) is 1. The monoisotopic (exact) mass is 338 g/mol. The number of carboxylic acids is 1. The molecular formula is C13H11BrN2O4. The van der Waals surface area contributed by atoms with E-state index in [9.17, 15) is 9.59 Å². The van der Waals surface area contributed by atoms with Crippen LogP contribution in [0, 0.1) is 0 Å². The Morgan fingerprint density at radius 2 is 2.15 bits per heavy atom. The van der Waals surface area contributed by atoms with Crippen molar-refractivity contribution >= 4 is 38.6 Å². The molecular weight excluding hydrogens is 328 g/mol. The Morgan fingerprint density at radius 3 is 2.80 bits per heavy atom. The van der Waals surface area contributed by atoms with Crippen molar-refractivity contribution in [1.82, 2.24) is 10.3 Å². The summed E-state index contributed by atoms with van der Waals surface area (Å²) in [5, 5.41) is 12.2. The maximum atomic E-state index is 12.0. The van der Waals surface area contributed by atoms with Gasteiger partial charge in [0.05, 0.1) is 12.5 Å². The number of aromatic nitrogens is 1. The van der Waals surface area contributed by atoms with E-state index in [0.717, 1.165) is 9.86 Å². The molecule has 1 aromatic carbocycles. The van der Waals surface area contributed by atoms with Gasteiger partial charge in [0.15, 0.2) is 0 Å². The number of rotatable bonds is 4. The summed E-state index contributed by atoms with van der Waals surface area (Å²) >= 11 is 3.40. The van der Waals surface area contributed by atoms with E-state index < -0.39 is 18.4 Å². The smallest absolute Gasteiger partial charge is 0.322 e. The number of pyridine rings is 1. The quantitative estimate of drug-likeness (QED) is 0.887. The fourth-order valence-electron chi connectivity index (χ4n) is 1.81. The number of ether oxygens (including phenoxy) is 1. The summed E-state index contributed by atoms with van der Waals surface area (Å²) in [5.41, 5.74) is 0.127. The molecule has 6 nitrogen and oxygen atoms in total. The van der Waals surface area contributed by atoms with Gasteiger partial charge >= 0.3 is 5.97 Å². The van der Waals surface area contributed by atoms with Gasteiger partial charge in [0, 0.05) is 16.1 Å². The third-order valence-electron chi connectivity index (χ3n) is 2.67. The highest BCUT2D eigenvalue weighted by atomic mass is 79.9. The first-order valence-electron chi connectivity index (χ1n) is 5.65. The molecule has 0 saturated carbocycles. The molecule has 2 rings (SSSR count). The highest BCUT2D eigenvalue weighted by molar-refractivity contribution is 9.10. The number of fused-ring (bicyclic) bond motifs is 1. The minimum absolute atomic E-state index is 0.127. The second-order valence-corrected chi connectivity index (χ2v) is 4.76. The molecule has 0 bridgehead atoms. The number of amides is 1. The van der Waals surface area contributed by atoms with Crippen LogP contribution in [0.2, 0.25) is 0 Å². The van der Waals surface area contributed by atoms with Gasteiger partial charge in [-0.3, -0.25) is 14.6 Å². The molecule has 2 N–H and O–H groups in total. The molecule has 0 saturated heterocycles. The normalized spacial score (nSPS) is 10.3. The molecule has 1 aromatic heterocycles. The van der Waals surface area contributed by atoms with Crippen LogP contribution in [-0.4, -0.2) is 35.6 Å². The number of methoxy groups -OCH3 is 1. The number of carbonyl (C=O) groups excluding carboxylic acids is 1. The van der Waals surface area contributed by atoms with E-state index >= 15 is 0 Å². The standard InChI is InChI=1S/C13H11BrN2O4/c1-20-9-3-2-8(14)7-4-5-15-12(11(7)9)13(19)16-6-10(17)18/h2-5H,6H2,1H3,(H,16,19)(H,17,18). The van der Waals surface area contributed by atoms with Gasteiger partial charge in [-0.05, 0) is 18.2 Å². The van der Waals surface area contributed by atoms with Gasteiger partial charge in [-0.25, -0.2) is 0 Å². The van der Waals surface area contributed by atoms with E-state index in [1.54, 1.807) is 18.2 Å². The summed E-state index contributed by atoms with van der Waals surface area (Å²) in [6, 6.07) is 5.26. The van der Waals surface area contributed by atoms with Gasteiger partial charge in [-0.2, -0.15) is 0 Å². The molecule has 7 heteroatoms. The molecule has 1 heterocycles. The molecule has 0 unspecified atom stereocenters. The van der Waals surface area contributed by atoms with Crippen molar-refractivity contribution in [3.8, 4) is 5.75 Å². The topological polar surface area (TPSA) is 88.5 Å². The number of carbonyl (C=O) groups is 2. The Bertz CT molecular complexity index is 687. The summed E-state index contributed by atoms with van der Waals surface area (Å²) in [6.07, 6.45) is 1.49. The Labute approximate surface area is 122 Å². The van der Waals surface area contributed by atoms with Crippen molar-refractivity contribution in [2.75, 3.05) is 13.7 Å². The van der Waals surface area contributed by atoms with Crippen molar-refractivity contribution in [2.45, 2.75) is 0 Å². The van der Waals surface area contributed by atoms with Crippen LogP contribution in [0.15, 0.2) is 28.9 Å². The molecule has 0 aliphatic rings. The highest BCUT2D eigenvalue weighted by Gasteiger charge is 2.17. The van der Waals surface area contributed by atoms with Gasteiger partial charge in [0.25, 0.3) is 5.91 Å². The number of halogens is 1. The second kappa shape index (κ2) is 5.87. The molecule has 20 heavy (non-hydrogen) atoms. The zero-order valence-electron chi connectivity index (χ0n) is 10.5. The second-order valence-electron chi connectivity index (χ2n) is 3.91. The lowest BCUT2D eigenvalue weighted by Crippen LogP contribution is -2.30. The Kier molecular flexibility index (Phi) is 4.19. The summed E-state index contributed by atoms with van der Waals surface area (Å²) in [4.78, 5) is 26.6. The molecule has 0 radical (unpaired) electrons. The van der Waals surface area contributed by atoms with Gasteiger partial charge in [-0.1, -0.05) is 15.9 Å². The average molecular weight is 339 g/mol. The number of nitrogens with one attached hydrogen (secondary N) is 1. The van der Waals surface area contributed by atoms with Crippen LogP contribution in [0.4, 0.5) is 0 Å². The SMILES string of the molecule is COc1ccc(Br)c2ccnc(C(=O)NCC(=O)O)c12. The molecule has 0 spiro atoms. The largest absolute Gasteiger partial charge is 0.496 e. The lowest BCUT2D eigenvalue weighted by molar-refractivity contribution is -0.135. The number of aliphatic carboxylic acids is 1.